The second-order valence-corrected chi connectivity index (χ2v) is 11.1. The van der Waals surface area contributed by atoms with Crippen molar-refractivity contribution in [3.63, 3.8) is 0 Å². The number of carbonyl (C=O) groups is 2. The molecule has 0 aliphatic carbocycles. The van der Waals surface area contributed by atoms with Crippen molar-refractivity contribution >= 4 is 23.2 Å². The topological polar surface area (TPSA) is 62.3 Å². The highest BCUT2D eigenvalue weighted by molar-refractivity contribution is 7.10. The molecule has 2 aliphatic rings. The highest BCUT2D eigenvalue weighted by Gasteiger charge is 2.35. The van der Waals surface area contributed by atoms with E-state index in [1.54, 1.807) is 43.8 Å². The maximum atomic E-state index is 13.6. The summed E-state index contributed by atoms with van der Waals surface area (Å²) in [7, 11) is 3.14. The number of amides is 2. The van der Waals surface area contributed by atoms with Gasteiger partial charge in [-0.15, -0.1) is 11.3 Å². The summed E-state index contributed by atoms with van der Waals surface area (Å²) in [5.74, 6) is 1.19. The standard InChI is InChI=1S/C30H35N3O4S/c1-20-5-7-22(8-6-20)29-26-10-14-38-27(26)9-11-32(29)19-28(34)31-12-13-33(21(2)18-31)30(35)23-15-24(36-3)17-25(16-23)37-4/h5-8,10,14-17,21,29H,9,11-13,18-19H2,1-4H3. The molecule has 3 aromatic rings. The fraction of sp³-hybridized carbons (Fsp3) is 0.400. The molecule has 1 fully saturated rings. The van der Waals surface area contributed by atoms with Crippen molar-refractivity contribution in [2.75, 3.05) is 46.9 Å². The molecule has 7 nitrogen and oxygen atoms in total. The lowest BCUT2D eigenvalue weighted by Crippen LogP contribution is -2.57. The number of aryl methyl sites for hydroxylation is 1. The van der Waals surface area contributed by atoms with Crippen LogP contribution in [0.3, 0.4) is 0 Å². The van der Waals surface area contributed by atoms with Crippen molar-refractivity contribution in [2.45, 2.75) is 32.4 Å². The number of methoxy groups -OCH3 is 2. The lowest BCUT2D eigenvalue weighted by atomic mass is 9.92. The number of ether oxygens (including phenoxy) is 2. The molecule has 5 rings (SSSR count). The number of piperazine rings is 1. The molecule has 0 spiro atoms. The van der Waals surface area contributed by atoms with Gasteiger partial charge in [0, 0.05) is 48.7 Å². The third kappa shape index (κ3) is 5.28. The van der Waals surface area contributed by atoms with Crippen LogP contribution in [0.15, 0.2) is 53.9 Å². The zero-order valence-corrected chi connectivity index (χ0v) is 23.3. The first-order chi connectivity index (χ1) is 18.4. The minimum Gasteiger partial charge on any atom is -0.497 e. The van der Waals surface area contributed by atoms with Crippen LogP contribution in [-0.2, 0) is 11.2 Å². The van der Waals surface area contributed by atoms with Crippen molar-refractivity contribution in [3.8, 4) is 11.5 Å². The Bertz CT molecular complexity index is 1280. The van der Waals surface area contributed by atoms with Crippen LogP contribution in [0.25, 0.3) is 0 Å². The van der Waals surface area contributed by atoms with Crippen LogP contribution in [0, 0.1) is 6.92 Å². The summed E-state index contributed by atoms with van der Waals surface area (Å²) in [5, 5.41) is 2.16. The number of carbonyl (C=O) groups excluding carboxylic acids is 2. The molecule has 38 heavy (non-hydrogen) atoms. The van der Waals surface area contributed by atoms with Crippen LogP contribution < -0.4 is 9.47 Å². The zero-order valence-electron chi connectivity index (χ0n) is 22.5. The van der Waals surface area contributed by atoms with Crippen molar-refractivity contribution in [1.82, 2.24) is 14.7 Å². The van der Waals surface area contributed by atoms with Crippen LogP contribution in [0.1, 0.15) is 44.9 Å². The maximum absolute atomic E-state index is 13.6. The van der Waals surface area contributed by atoms with Crippen LogP contribution in [-0.4, -0.2) is 79.5 Å². The first-order valence-electron chi connectivity index (χ1n) is 13.1. The van der Waals surface area contributed by atoms with Gasteiger partial charge in [0.05, 0.1) is 26.8 Å². The van der Waals surface area contributed by atoms with Crippen LogP contribution >= 0.6 is 11.3 Å². The zero-order chi connectivity index (χ0) is 26.8. The Morgan fingerprint density at radius 2 is 1.68 bits per heavy atom. The highest BCUT2D eigenvalue weighted by Crippen LogP contribution is 2.37. The van der Waals surface area contributed by atoms with E-state index in [1.165, 1.54) is 21.6 Å². The number of thiophene rings is 1. The summed E-state index contributed by atoms with van der Waals surface area (Å²) in [5.41, 5.74) is 4.29. The number of hydrogen-bond acceptors (Lipinski definition) is 6. The predicted molar refractivity (Wildman–Crippen MR) is 149 cm³/mol. The van der Waals surface area contributed by atoms with E-state index in [9.17, 15) is 9.59 Å². The van der Waals surface area contributed by atoms with Crippen molar-refractivity contribution in [1.29, 1.82) is 0 Å². The van der Waals surface area contributed by atoms with E-state index in [4.69, 9.17) is 9.47 Å². The van der Waals surface area contributed by atoms with Gasteiger partial charge < -0.3 is 19.3 Å². The average Bonchev–Trinajstić information content (AvgIpc) is 3.41. The van der Waals surface area contributed by atoms with Gasteiger partial charge in [-0.05, 0) is 55.0 Å². The van der Waals surface area contributed by atoms with Gasteiger partial charge in [-0.25, -0.2) is 0 Å². The number of fused-ring (bicyclic) bond motifs is 1. The summed E-state index contributed by atoms with van der Waals surface area (Å²) >= 11 is 1.81. The SMILES string of the molecule is COc1cc(OC)cc(C(=O)N2CCN(C(=O)CN3CCc4sccc4C3c3ccc(C)cc3)CC2C)c1. The number of nitrogens with zero attached hydrogens (tertiary/aromatic N) is 3. The minimum atomic E-state index is -0.102. The maximum Gasteiger partial charge on any atom is 0.254 e. The molecule has 0 N–H and O–H groups in total. The summed E-state index contributed by atoms with van der Waals surface area (Å²) < 4.78 is 10.7. The molecule has 2 aromatic carbocycles. The Morgan fingerprint density at radius 3 is 2.34 bits per heavy atom. The van der Waals surface area contributed by atoms with E-state index in [0.717, 1.165) is 13.0 Å². The van der Waals surface area contributed by atoms with E-state index >= 15 is 0 Å². The minimum absolute atomic E-state index is 0.0812. The predicted octanol–water partition coefficient (Wildman–Crippen LogP) is 4.39. The molecule has 2 unspecified atom stereocenters. The quantitative estimate of drug-likeness (QED) is 0.470. The molecular formula is C30H35N3O4S. The molecule has 1 saturated heterocycles. The summed E-state index contributed by atoms with van der Waals surface area (Å²) in [4.78, 5) is 34.4. The third-order valence-electron chi connectivity index (χ3n) is 7.64. The fourth-order valence-electron chi connectivity index (χ4n) is 5.53. The number of hydrogen-bond donors (Lipinski definition) is 0. The van der Waals surface area contributed by atoms with Crippen LogP contribution in [0.4, 0.5) is 0 Å². The van der Waals surface area contributed by atoms with Gasteiger partial charge in [0.2, 0.25) is 5.91 Å². The van der Waals surface area contributed by atoms with Gasteiger partial charge in [-0.1, -0.05) is 29.8 Å². The molecule has 0 bridgehead atoms. The van der Waals surface area contributed by atoms with Gasteiger partial charge in [0.25, 0.3) is 5.91 Å². The first-order valence-corrected chi connectivity index (χ1v) is 13.9. The van der Waals surface area contributed by atoms with Gasteiger partial charge in [-0.3, -0.25) is 14.5 Å². The van der Waals surface area contributed by atoms with E-state index in [-0.39, 0.29) is 23.9 Å². The molecule has 0 radical (unpaired) electrons. The largest absolute Gasteiger partial charge is 0.497 e. The van der Waals surface area contributed by atoms with Crippen molar-refractivity contribution < 1.29 is 19.1 Å². The molecular weight excluding hydrogens is 498 g/mol. The van der Waals surface area contributed by atoms with Gasteiger partial charge in [-0.2, -0.15) is 0 Å². The molecule has 200 valence electrons. The summed E-state index contributed by atoms with van der Waals surface area (Å²) in [6.45, 7) is 6.83. The van der Waals surface area contributed by atoms with E-state index in [2.05, 4.69) is 47.5 Å². The Labute approximate surface area is 228 Å². The number of rotatable bonds is 6. The average molecular weight is 534 g/mol. The van der Waals surface area contributed by atoms with Gasteiger partial charge >= 0.3 is 0 Å². The Kier molecular flexibility index (Phi) is 7.72. The molecule has 1 aromatic heterocycles. The van der Waals surface area contributed by atoms with E-state index < -0.39 is 0 Å². The lowest BCUT2D eigenvalue weighted by molar-refractivity contribution is -0.135. The summed E-state index contributed by atoms with van der Waals surface area (Å²) in [6, 6.07) is 16.1. The molecule has 8 heteroatoms. The molecule has 2 amide bonds. The lowest BCUT2D eigenvalue weighted by Gasteiger charge is -2.42. The normalized spacial score (nSPS) is 19.7. The van der Waals surface area contributed by atoms with Crippen LogP contribution in [0.2, 0.25) is 0 Å². The van der Waals surface area contributed by atoms with Crippen LogP contribution in [0.5, 0.6) is 11.5 Å². The van der Waals surface area contributed by atoms with Crippen molar-refractivity contribution in [2.24, 2.45) is 0 Å². The molecule has 3 heterocycles. The van der Waals surface area contributed by atoms with Crippen molar-refractivity contribution in [3.05, 3.63) is 81.0 Å². The smallest absolute Gasteiger partial charge is 0.254 e. The molecule has 2 aliphatic heterocycles. The van der Waals surface area contributed by atoms with Gasteiger partial charge in [0.1, 0.15) is 11.5 Å². The third-order valence-corrected chi connectivity index (χ3v) is 8.63. The monoisotopic (exact) mass is 533 g/mol. The Hall–Kier alpha value is -3.36. The number of benzene rings is 2. The molecule has 2 atom stereocenters. The summed E-state index contributed by atoms with van der Waals surface area (Å²) in [6.07, 6.45) is 0.964. The molecule has 0 saturated carbocycles. The van der Waals surface area contributed by atoms with Gasteiger partial charge in [0.15, 0.2) is 0 Å². The fourth-order valence-corrected chi connectivity index (χ4v) is 6.44. The Balaban J connectivity index is 1.27. The van der Waals surface area contributed by atoms with E-state index in [1.807, 2.05) is 16.7 Å². The second-order valence-electron chi connectivity index (χ2n) is 10.1. The Morgan fingerprint density at radius 1 is 0.974 bits per heavy atom. The second kappa shape index (κ2) is 11.2. The first kappa shape index (κ1) is 26.3. The van der Waals surface area contributed by atoms with E-state index in [0.29, 0.717) is 43.2 Å². The highest BCUT2D eigenvalue weighted by atomic mass is 32.1.